The minimum Gasteiger partial charge on any atom is -0.353 e. The van der Waals surface area contributed by atoms with E-state index in [9.17, 15) is 4.79 Å². The fourth-order valence-corrected chi connectivity index (χ4v) is 1.26. The molecule has 0 rings (SSSR count). The highest BCUT2D eigenvalue weighted by molar-refractivity contribution is 9.09. The molecule has 1 N–H and O–H groups in total. The van der Waals surface area contributed by atoms with Crippen LogP contribution in [0.5, 0.6) is 0 Å². The van der Waals surface area contributed by atoms with E-state index < -0.39 is 0 Å². The summed E-state index contributed by atoms with van der Waals surface area (Å²) in [4.78, 5) is 11.6. The number of rotatable bonds is 3. The molecule has 2 unspecified atom stereocenters. The molecule has 0 aromatic rings. The van der Waals surface area contributed by atoms with Crippen molar-refractivity contribution < 1.29 is 4.79 Å². The molecule has 0 spiro atoms. The summed E-state index contributed by atoms with van der Waals surface area (Å²) < 4.78 is 0. The van der Waals surface area contributed by atoms with E-state index in [1.807, 2.05) is 27.7 Å². The monoisotopic (exact) mass is 249 g/mol. The van der Waals surface area contributed by atoms with E-state index in [2.05, 4.69) is 28.2 Å². The standard InChI is InChI=1S/C10H20BrNO/c1-7(6-11)8(2)12-9(13)10(3,4)5/h7-8H,6H2,1-5H3,(H,12,13). The van der Waals surface area contributed by atoms with Gasteiger partial charge in [-0.15, -0.1) is 0 Å². The molecule has 0 heterocycles. The van der Waals surface area contributed by atoms with Crippen molar-refractivity contribution in [2.45, 2.75) is 40.7 Å². The normalized spacial score (nSPS) is 16.5. The van der Waals surface area contributed by atoms with Crippen molar-refractivity contribution in [3.8, 4) is 0 Å². The summed E-state index contributed by atoms with van der Waals surface area (Å²) in [5.74, 6) is 0.583. The maximum absolute atomic E-state index is 11.6. The van der Waals surface area contributed by atoms with E-state index in [1.165, 1.54) is 0 Å². The summed E-state index contributed by atoms with van der Waals surface area (Å²) in [7, 11) is 0. The first-order chi connectivity index (χ1) is 5.79. The van der Waals surface area contributed by atoms with Gasteiger partial charge in [0.05, 0.1) is 0 Å². The highest BCUT2D eigenvalue weighted by Gasteiger charge is 2.23. The average Bonchev–Trinajstić information content (AvgIpc) is 2.01. The molecular formula is C10H20BrNO. The lowest BCUT2D eigenvalue weighted by atomic mass is 9.94. The van der Waals surface area contributed by atoms with Crippen LogP contribution in [-0.4, -0.2) is 17.3 Å². The molecule has 3 heteroatoms. The molecule has 0 saturated heterocycles. The maximum Gasteiger partial charge on any atom is 0.225 e. The number of carbonyl (C=O) groups excluding carboxylic acids is 1. The zero-order chi connectivity index (χ0) is 10.6. The summed E-state index contributed by atoms with van der Waals surface area (Å²) in [6.45, 7) is 9.92. The highest BCUT2D eigenvalue weighted by Crippen LogP contribution is 2.14. The Morgan fingerprint density at radius 1 is 1.38 bits per heavy atom. The van der Waals surface area contributed by atoms with Crippen LogP contribution < -0.4 is 5.32 Å². The zero-order valence-electron chi connectivity index (χ0n) is 9.15. The number of hydrogen-bond acceptors (Lipinski definition) is 1. The second kappa shape index (κ2) is 4.99. The molecule has 0 aliphatic carbocycles. The van der Waals surface area contributed by atoms with Crippen LogP contribution in [0, 0.1) is 11.3 Å². The molecule has 0 radical (unpaired) electrons. The Labute approximate surface area is 89.6 Å². The zero-order valence-corrected chi connectivity index (χ0v) is 10.7. The van der Waals surface area contributed by atoms with Crippen molar-refractivity contribution in [3.05, 3.63) is 0 Å². The van der Waals surface area contributed by atoms with Gasteiger partial charge in [0.1, 0.15) is 0 Å². The van der Waals surface area contributed by atoms with Crippen molar-refractivity contribution in [2.24, 2.45) is 11.3 Å². The largest absolute Gasteiger partial charge is 0.353 e. The van der Waals surface area contributed by atoms with Gasteiger partial charge in [-0.1, -0.05) is 43.6 Å². The van der Waals surface area contributed by atoms with Crippen molar-refractivity contribution in [1.29, 1.82) is 0 Å². The van der Waals surface area contributed by atoms with Crippen LogP contribution >= 0.6 is 15.9 Å². The van der Waals surface area contributed by atoms with Crippen molar-refractivity contribution in [2.75, 3.05) is 5.33 Å². The molecule has 0 aliphatic heterocycles. The maximum atomic E-state index is 11.6. The fraction of sp³-hybridized carbons (Fsp3) is 0.900. The van der Waals surface area contributed by atoms with Gasteiger partial charge in [0.25, 0.3) is 0 Å². The molecule has 0 saturated carbocycles. The molecule has 0 aliphatic rings. The SMILES string of the molecule is CC(CBr)C(C)NC(=O)C(C)(C)C. The number of carbonyl (C=O) groups is 1. The minimum atomic E-state index is -0.291. The second-order valence-electron chi connectivity index (χ2n) is 4.64. The fourth-order valence-electron chi connectivity index (χ4n) is 0.699. The lowest BCUT2D eigenvalue weighted by Gasteiger charge is -2.24. The van der Waals surface area contributed by atoms with Crippen LogP contribution in [0.3, 0.4) is 0 Å². The third kappa shape index (κ3) is 4.65. The predicted octanol–water partition coefficient (Wildman–Crippen LogP) is 2.57. The molecule has 2 atom stereocenters. The Morgan fingerprint density at radius 2 is 1.85 bits per heavy atom. The van der Waals surface area contributed by atoms with Crippen molar-refractivity contribution in [3.63, 3.8) is 0 Å². The summed E-state index contributed by atoms with van der Waals surface area (Å²) in [5, 5.41) is 3.92. The van der Waals surface area contributed by atoms with Crippen molar-refractivity contribution in [1.82, 2.24) is 5.32 Å². The Balaban J connectivity index is 4.07. The van der Waals surface area contributed by atoms with E-state index in [4.69, 9.17) is 0 Å². The van der Waals surface area contributed by atoms with Gasteiger partial charge in [0, 0.05) is 16.8 Å². The lowest BCUT2D eigenvalue weighted by Crippen LogP contribution is -2.43. The predicted molar refractivity (Wildman–Crippen MR) is 60.0 cm³/mol. The van der Waals surface area contributed by atoms with Gasteiger partial charge in [-0.05, 0) is 12.8 Å². The van der Waals surface area contributed by atoms with Gasteiger partial charge >= 0.3 is 0 Å². The molecule has 2 nitrogen and oxygen atoms in total. The summed E-state index contributed by atoms with van der Waals surface area (Å²) in [6, 6.07) is 0.228. The molecule has 13 heavy (non-hydrogen) atoms. The Morgan fingerprint density at radius 3 is 2.15 bits per heavy atom. The topological polar surface area (TPSA) is 29.1 Å². The van der Waals surface area contributed by atoms with Gasteiger partial charge in [0.2, 0.25) is 5.91 Å². The average molecular weight is 250 g/mol. The summed E-state index contributed by atoms with van der Waals surface area (Å²) in [6.07, 6.45) is 0. The Kier molecular flexibility index (Phi) is 4.97. The Bertz CT molecular complexity index is 174. The third-order valence-electron chi connectivity index (χ3n) is 2.14. The minimum absolute atomic E-state index is 0.118. The van der Waals surface area contributed by atoms with E-state index in [0.29, 0.717) is 5.92 Å². The first-order valence-electron chi connectivity index (χ1n) is 4.66. The van der Waals surface area contributed by atoms with Crippen LogP contribution in [-0.2, 0) is 4.79 Å². The highest BCUT2D eigenvalue weighted by atomic mass is 79.9. The van der Waals surface area contributed by atoms with Gasteiger partial charge < -0.3 is 5.32 Å². The van der Waals surface area contributed by atoms with Crippen molar-refractivity contribution >= 4 is 21.8 Å². The molecule has 78 valence electrons. The smallest absolute Gasteiger partial charge is 0.225 e. The van der Waals surface area contributed by atoms with Crippen LogP contribution in [0.25, 0.3) is 0 Å². The van der Waals surface area contributed by atoms with Crippen LogP contribution in [0.15, 0.2) is 0 Å². The summed E-state index contributed by atoms with van der Waals surface area (Å²) in [5.41, 5.74) is -0.291. The third-order valence-corrected chi connectivity index (χ3v) is 3.16. The molecule has 0 bridgehead atoms. The Hall–Kier alpha value is -0.0500. The lowest BCUT2D eigenvalue weighted by molar-refractivity contribution is -0.129. The molecule has 1 amide bonds. The second-order valence-corrected chi connectivity index (χ2v) is 5.29. The molecule has 0 aromatic heterocycles. The van der Waals surface area contributed by atoms with E-state index >= 15 is 0 Å². The summed E-state index contributed by atoms with van der Waals surface area (Å²) >= 11 is 3.40. The quantitative estimate of drug-likeness (QED) is 0.766. The molecule has 0 aromatic carbocycles. The number of halogens is 1. The van der Waals surface area contributed by atoms with Crippen LogP contribution in [0.1, 0.15) is 34.6 Å². The number of amides is 1. The number of nitrogens with one attached hydrogen (secondary N) is 1. The first kappa shape index (κ1) is 12.9. The number of alkyl halides is 1. The van der Waals surface area contributed by atoms with Gasteiger partial charge in [-0.3, -0.25) is 4.79 Å². The van der Waals surface area contributed by atoms with E-state index in [1.54, 1.807) is 0 Å². The molecular weight excluding hydrogens is 230 g/mol. The first-order valence-corrected chi connectivity index (χ1v) is 5.78. The molecule has 0 fully saturated rings. The van der Waals surface area contributed by atoms with Gasteiger partial charge in [0.15, 0.2) is 0 Å². The van der Waals surface area contributed by atoms with Gasteiger partial charge in [-0.2, -0.15) is 0 Å². The van der Waals surface area contributed by atoms with Crippen LogP contribution in [0.2, 0.25) is 0 Å². The van der Waals surface area contributed by atoms with E-state index in [0.717, 1.165) is 5.33 Å². The van der Waals surface area contributed by atoms with Gasteiger partial charge in [-0.25, -0.2) is 0 Å². The number of hydrogen-bond donors (Lipinski definition) is 1. The van der Waals surface area contributed by atoms with E-state index in [-0.39, 0.29) is 17.4 Å². The van der Waals surface area contributed by atoms with Crippen LogP contribution in [0.4, 0.5) is 0 Å².